The molecular formula is C14H19NO3. The Balaban J connectivity index is 1.90. The molecule has 18 heavy (non-hydrogen) atoms. The maximum atomic E-state index is 11.8. The monoisotopic (exact) mass is 249 g/mol. The second-order valence-corrected chi connectivity index (χ2v) is 4.54. The first-order chi connectivity index (χ1) is 8.79. The van der Waals surface area contributed by atoms with Gasteiger partial charge in [-0.3, -0.25) is 4.79 Å². The topological polar surface area (TPSA) is 47.6 Å². The lowest BCUT2D eigenvalue weighted by Gasteiger charge is -2.21. The van der Waals surface area contributed by atoms with Gasteiger partial charge in [0.1, 0.15) is 0 Å². The number of benzene rings is 1. The van der Waals surface area contributed by atoms with E-state index < -0.39 is 0 Å². The minimum absolute atomic E-state index is 0.187. The van der Waals surface area contributed by atoms with Crippen molar-refractivity contribution in [3.8, 4) is 11.5 Å². The van der Waals surface area contributed by atoms with E-state index in [9.17, 15) is 4.79 Å². The number of carbonyl (C=O) groups is 1. The van der Waals surface area contributed by atoms with E-state index in [1.807, 2.05) is 12.1 Å². The van der Waals surface area contributed by atoms with Gasteiger partial charge in [-0.05, 0) is 44.0 Å². The summed E-state index contributed by atoms with van der Waals surface area (Å²) in [6.45, 7) is 1.96. The zero-order valence-electron chi connectivity index (χ0n) is 10.6. The Morgan fingerprint density at radius 3 is 2.83 bits per heavy atom. The molecule has 1 aliphatic heterocycles. The third-order valence-electron chi connectivity index (χ3n) is 3.15. The maximum absolute atomic E-state index is 11.8. The van der Waals surface area contributed by atoms with Gasteiger partial charge in [0.2, 0.25) is 0 Å². The van der Waals surface area contributed by atoms with Gasteiger partial charge in [-0.1, -0.05) is 12.1 Å². The number of ether oxygens (including phenoxy) is 2. The van der Waals surface area contributed by atoms with E-state index >= 15 is 0 Å². The Bertz CT molecular complexity index is 400. The summed E-state index contributed by atoms with van der Waals surface area (Å²) in [5.41, 5.74) is 0. The Morgan fingerprint density at radius 2 is 2.17 bits per heavy atom. The smallest absolute Gasteiger partial charge is 0.311 e. The van der Waals surface area contributed by atoms with Crippen LogP contribution < -0.4 is 14.8 Å². The zero-order valence-corrected chi connectivity index (χ0v) is 10.6. The fraction of sp³-hybridized carbons (Fsp3) is 0.500. The molecule has 4 heteroatoms. The van der Waals surface area contributed by atoms with Crippen LogP contribution in [0.4, 0.5) is 0 Å². The van der Waals surface area contributed by atoms with Crippen LogP contribution in [-0.4, -0.2) is 26.2 Å². The van der Waals surface area contributed by atoms with Crippen LogP contribution in [0.15, 0.2) is 24.3 Å². The van der Waals surface area contributed by atoms with Gasteiger partial charge in [-0.2, -0.15) is 0 Å². The van der Waals surface area contributed by atoms with Crippen LogP contribution in [0.3, 0.4) is 0 Å². The second-order valence-electron chi connectivity index (χ2n) is 4.54. The molecule has 1 N–H and O–H groups in total. The number of esters is 1. The first kappa shape index (κ1) is 12.9. The van der Waals surface area contributed by atoms with Crippen molar-refractivity contribution in [2.45, 2.75) is 19.3 Å². The predicted octanol–water partition coefficient (Wildman–Crippen LogP) is 1.99. The molecule has 98 valence electrons. The van der Waals surface area contributed by atoms with E-state index in [0.29, 0.717) is 23.8 Å². The van der Waals surface area contributed by atoms with E-state index in [4.69, 9.17) is 9.47 Å². The largest absolute Gasteiger partial charge is 0.493 e. The standard InChI is InChI=1S/C14H19NO3/c1-17-12-6-2-3-7-13(12)18-14(16)9-11-5-4-8-15-10-11/h2-3,6-7,11,15H,4-5,8-10H2,1H3. The molecule has 0 aromatic heterocycles. The van der Waals surface area contributed by atoms with Crippen LogP contribution in [-0.2, 0) is 4.79 Å². The number of methoxy groups -OCH3 is 1. The average Bonchev–Trinajstić information content (AvgIpc) is 2.40. The summed E-state index contributed by atoms with van der Waals surface area (Å²) < 4.78 is 10.5. The van der Waals surface area contributed by atoms with E-state index in [-0.39, 0.29) is 5.97 Å². The maximum Gasteiger partial charge on any atom is 0.311 e. The van der Waals surface area contributed by atoms with Gasteiger partial charge in [0.25, 0.3) is 0 Å². The SMILES string of the molecule is COc1ccccc1OC(=O)CC1CCCNC1. The van der Waals surface area contributed by atoms with E-state index in [0.717, 1.165) is 25.9 Å². The first-order valence-electron chi connectivity index (χ1n) is 6.34. The fourth-order valence-corrected chi connectivity index (χ4v) is 2.20. The molecule has 1 fully saturated rings. The third-order valence-corrected chi connectivity index (χ3v) is 3.15. The van der Waals surface area contributed by atoms with Crippen LogP contribution in [0.2, 0.25) is 0 Å². The Hall–Kier alpha value is -1.55. The number of piperidine rings is 1. The van der Waals surface area contributed by atoms with Crippen LogP contribution in [0.1, 0.15) is 19.3 Å². The van der Waals surface area contributed by atoms with Gasteiger partial charge in [0, 0.05) is 6.42 Å². The lowest BCUT2D eigenvalue weighted by molar-refractivity contribution is -0.135. The molecule has 0 amide bonds. The molecule has 0 bridgehead atoms. The van der Waals surface area contributed by atoms with Crippen molar-refractivity contribution >= 4 is 5.97 Å². The second kappa shape index (κ2) is 6.40. The molecule has 1 aromatic rings. The van der Waals surface area contributed by atoms with Crippen molar-refractivity contribution < 1.29 is 14.3 Å². The highest BCUT2D eigenvalue weighted by molar-refractivity contribution is 5.73. The number of carbonyl (C=O) groups excluding carboxylic acids is 1. The molecular weight excluding hydrogens is 230 g/mol. The molecule has 1 saturated heterocycles. The highest BCUT2D eigenvalue weighted by atomic mass is 16.6. The molecule has 0 radical (unpaired) electrons. The summed E-state index contributed by atoms with van der Waals surface area (Å²) in [4.78, 5) is 11.8. The number of rotatable bonds is 4. The summed E-state index contributed by atoms with van der Waals surface area (Å²) in [6, 6.07) is 7.20. The van der Waals surface area contributed by atoms with E-state index in [2.05, 4.69) is 5.32 Å². The summed E-state index contributed by atoms with van der Waals surface area (Å²) in [5.74, 6) is 1.29. The zero-order chi connectivity index (χ0) is 12.8. The molecule has 1 aliphatic rings. The van der Waals surface area contributed by atoms with Gasteiger partial charge < -0.3 is 14.8 Å². The van der Waals surface area contributed by atoms with Crippen molar-refractivity contribution in [1.29, 1.82) is 0 Å². The number of nitrogens with one attached hydrogen (secondary N) is 1. The average molecular weight is 249 g/mol. The van der Waals surface area contributed by atoms with E-state index in [1.165, 1.54) is 0 Å². The van der Waals surface area contributed by atoms with Crippen molar-refractivity contribution in [3.63, 3.8) is 0 Å². The van der Waals surface area contributed by atoms with E-state index in [1.54, 1.807) is 19.2 Å². The first-order valence-corrected chi connectivity index (χ1v) is 6.34. The molecule has 1 unspecified atom stereocenters. The Morgan fingerprint density at radius 1 is 1.39 bits per heavy atom. The molecule has 2 rings (SSSR count). The quantitative estimate of drug-likeness (QED) is 0.655. The van der Waals surface area contributed by atoms with Crippen molar-refractivity contribution in [2.24, 2.45) is 5.92 Å². The summed E-state index contributed by atoms with van der Waals surface area (Å²) in [6.07, 6.45) is 2.69. The van der Waals surface area contributed by atoms with Crippen molar-refractivity contribution in [2.75, 3.05) is 20.2 Å². The van der Waals surface area contributed by atoms with Crippen LogP contribution >= 0.6 is 0 Å². The minimum Gasteiger partial charge on any atom is -0.493 e. The highest BCUT2D eigenvalue weighted by Gasteiger charge is 2.18. The van der Waals surface area contributed by atoms with Crippen molar-refractivity contribution in [3.05, 3.63) is 24.3 Å². The normalized spacial score (nSPS) is 19.3. The fourth-order valence-electron chi connectivity index (χ4n) is 2.20. The van der Waals surface area contributed by atoms with Gasteiger partial charge >= 0.3 is 5.97 Å². The van der Waals surface area contributed by atoms with Gasteiger partial charge in [-0.15, -0.1) is 0 Å². The van der Waals surface area contributed by atoms with Gasteiger partial charge in [0.15, 0.2) is 11.5 Å². The summed E-state index contributed by atoms with van der Waals surface area (Å²) >= 11 is 0. The summed E-state index contributed by atoms with van der Waals surface area (Å²) in [5, 5.41) is 3.29. The molecule has 0 aliphatic carbocycles. The highest BCUT2D eigenvalue weighted by Crippen LogP contribution is 2.26. The van der Waals surface area contributed by atoms with Gasteiger partial charge in [0.05, 0.1) is 7.11 Å². The van der Waals surface area contributed by atoms with Crippen LogP contribution in [0, 0.1) is 5.92 Å². The molecule has 4 nitrogen and oxygen atoms in total. The Labute approximate surface area is 107 Å². The number of para-hydroxylation sites is 2. The summed E-state index contributed by atoms with van der Waals surface area (Å²) in [7, 11) is 1.57. The third kappa shape index (κ3) is 3.47. The van der Waals surface area contributed by atoms with Gasteiger partial charge in [-0.25, -0.2) is 0 Å². The minimum atomic E-state index is -0.187. The predicted molar refractivity (Wildman–Crippen MR) is 68.8 cm³/mol. The number of hydrogen-bond donors (Lipinski definition) is 1. The van der Waals surface area contributed by atoms with Crippen LogP contribution in [0.25, 0.3) is 0 Å². The Kier molecular flexibility index (Phi) is 4.59. The lowest BCUT2D eigenvalue weighted by Crippen LogP contribution is -2.31. The molecule has 1 heterocycles. The molecule has 1 atom stereocenters. The molecule has 1 aromatic carbocycles. The number of hydrogen-bond acceptors (Lipinski definition) is 4. The molecule has 0 spiro atoms. The lowest BCUT2D eigenvalue weighted by atomic mass is 9.96. The van der Waals surface area contributed by atoms with Crippen LogP contribution in [0.5, 0.6) is 11.5 Å². The molecule has 0 saturated carbocycles. The van der Waals surface area contributed by atoms with Crippen molar-refractivity contribution in [1.82, 2.24) is 5.32 Å².